The molecule has 0 amide bonds. The van der Waals surface area contributed by atoms with Crippen LogP contribution in [-0.2, 0) is 6.18 Å². The Morgan fingerprint density at radius 1 is 0.879 bits per heavy atom. The number of nitrogen functional groups attached to an aromatic ring is 1. The molecular formula is C25H17F3N4O. The van der Waals surface area contributed by atoms with Crippen molar-refractivity contribution < 1.29 is 13.2 Å². The van der Waals surface area contributed by atoms with Crippen molar-refractivity contribution in [2.45, 2.75) is 13.1 Å². The SMILES string of the molecule is Cc1ccc(-n2c(=O)ccc3cnc4ccc(-c5ccc(C(F)(F)F)nc5)cc4c32)cc1N. The van der Waals surface area contributed by atoms with Crippen molar-refractivity contribution in [1.82, 2.24) is 14.5 Å². The minimum absolute atomic E-state index is 0.236. The van der Waals surface area contributed by atoms with Gasteiger partial charge in [-0.1, -0.05) is 18.2 Å². The summed E-state index contributed by atoms with van der Waals surface area (Å²) in [6.07, 6.45) is -1.63. The highest BCUT2D eigenvalue weighted by Crippen LogP contribution is 2.32. The van der Waals surface area contributed by atoms with Gasteiger partial charge in [-0.2, -0.15) is 13.2 Å². The summed E-state index contributed by atoms with van der Waals surface area (Å²) in [6.45, 7) is 1.88. The number of pyridine rings is 3. The molecule has 0 atom stereocenters. The number of aryl methyl sites for hydroxylation is 1. The molecule has 2 aromatic carbocycles. The first kappa shape index (κ1) is 20.7. The van der Waals surface area contributed by atoms with Crippen LogP contribution in [0.15, 0.2) is 77.9 Å². The predicted molar refractivity (Wildman–Crippen MR) is 122 cm³/mol. The molecule has 33 heavy (non-hydrogen) atoms. The molecule has 0 fully saturated rings. The van der Waals surface area contributed by atoms with Crippen molar-refractivity contribution in [3.63, 3.8) is 0 Å². The van der Waals surface area contributed by atoms with Gasteiger partial charge in [0.15, 0.2) is 0 Å². The Labute approximate surface area is 186 Å². The summed E-state index contributed by atoms with van der Waals surface area (Å²) in [5, 5.41) is 1.42. The third-order valence-electron chi connectivity index (χ3n) is 5.63. The van der Waals surface area contributed by atoms with E-state index in [1.54, 1.807) is 35.0 Å². The Bertz CT molecular complexity index is 1590. The van der Waals surface area contributed by atoms with Crippen molar-refractivity contribution >= 4 is 27.5 Å². The smallest absolute Gasteiger partial charge is 0.398 e. The summed E-state index contributed by atoms with van der Waals surface area (Å²) in [6, 6.07) is 16.2. The van der Waals surface area contributed by atoms with Crippen LogP contribution in [-0.4, -0.2) is 14.5 Å². The van der Waals surface area contributed by atoms with Crippen molar-refractivity contribution in [2.24, 2.45) is 0 Å². The second kappa shape index (κ2) is 7.44. The molecule has 0 radical (unpaired) electrons. The second-order valence-electron chi connectivity index (χ2n) is 7.77. The Morgan fingerprint density at radius 3 is 2.36 bits per heavy atom. The highest BCUT2D eigenvalue weighted by Gasteiger charge is 2.32. The zero-order valence-electron chi connectivity index (χ0n) is 17.4. The molecule has 5 nitrogen and oxygen atoms in total. The summed E-state index contributed by atoms with van der Waals surface area (Å²) in [5.74, 6) is 0. The van der Waals surface area contributed by atoms with Gasteiger partial charge in [-0.3, -0.25) is 19.3 Å². The first-order valence-corrected chi connectivity index (χ1v) is 10.1. The van der Waals surface area contributed by atoms with Crippen LogP contribution >= 0.6 is 0 Å². The van der Waals surface area contributed by atoms with Gasteiger partial charge in [0.1, 0.15) is 5.69 Å². The number of rotatable bonds is 2. The lowest BCUT2D eigenvalue weighted by atomic mass is 10.0. The molecule has 3 aromatic heterocycles. The first-order chi connectivity index (χ1) is 15.7. The summed E-state index contributed by atoms with van der Waals surface area (Å²) < 4.78 is 40.2. The number of halogens is 3. The predicted octanol–water partition coefficient (Wildman–Crippen LogP) is 5.51. The van der Waals surface area contributed by atoms with E-state index in [-0.39, 0.29) is 5.56 Å². The van der Waals surface area contributed by atoms with Gasteiger partial charge in [-0.15, -0.1) is 0 Å². The minimum atomic E-state index is -4.51. The van der Waals surface area contributed by atoms with Crippen LogP contribution < -0.4 is 11.3 Å². The van der Waals surface area contributed by atoms with Gasteiger partial charge in [0.05, 0.1) is 16.7 Å². The van der Waals surface area contributed by atoms with E-state index < -0.39 is 11.9 Å². The van der Waals surface area contributed by atoms with Gasteiger partial charge in [0.25, 0.3) is 5.56 Å². The lowest BCUT2D eigenvalue weighted by molar-refractivity contribution is -0.141. The Balaban J connectivity index is 1.77. The Morgan fingerprint density at radius 2 is 1.67 bits per heavy atom. The zero-order valence-corrected chi connectivity index (χ0v) is 17.4. The average molecular weight is 446 g/mol. The summed E-state index contributed by atoms with van der Waals surface area (Å²) in [5.41, 5.74) is 9.43. The van der Waals surface area contributed by atoms with Gasteiger partial charge >= 0.3 is 6.18 Å². The maximum atomic E-state index is 12.9. The van der Waals surface area contributed by atoms with Gasteiger partial charge in [-0.05, 0) is 54.4 Å². The molecule has 0 saturated heterocycles. The molecule has 5 rings (SSSR count). The van der Waals surface area contributed by atoms with Gasteiger partial charge in [-0.25, -0.2) is 0 Å². The van der Waals surface area contributed by atoms with Crippen molar-refractivity contribution in [1.29, 1.82) is 0 Å². The van der Waals surface area contributed by atoms with Crippen LogP contribution in [0.3, 0.4) is 0 Å². The third-order valence-corrected chi connectivity index (χ3v) is 5.63. The number of nitrogens with two attached hydrogens (primary N) is 1. The van der Waals surface area contributed by atoms with E-state index in [9.17, 15) is 18.0 Å². The summed E-state index contributed by atoms with van der Waals surface area (Å²) >= 11 is 0. The molecule has 0 aliphatic carbocycles. The van der Waals surface area contributed by atoms with E-state index in [2.05, 4.69) is 9.97 Å². The molecule has 2 N–H and O–H groups in total. The maximum absolute atomic E-state index is 12.9. The highest BCUT2D eigenvalue weighted by atomic mass is 19.4. The van der Waals surface area contributed by atoms with Gasteiger partial charge in [0.2, 0.25) is 0 Å². The Kier molecular flexibility index (Phi) is 4.67. The number of anilines is 1. The number of aromatic nitrogens is 3. The van der Waals surface area contributed by atoms with E-state index in [0.29, 0.717) is 38.9 Å². The zero-order chi connectivity index (χ0) is 23.3. The molecule has 0 saturated carbocycles. The quantitative estimate of drug-likeness (QED) is 0.287. The van der Waals surface area contributed by atoms with Crippen LogP contribution in [0, 0.1) is 6.92 Å². The molecule has 0 aliphatic rings. The lowest BCUT2D eigenvalue weighted by Gasteiger charge is -2.14. The van der Waals surface area contributed by atoms with Gasteiger partial charge in [0, 0.05) is 40.5 Å². The molecule has 0 aliphatic heterocycles. The largest absolute Gasteiger partial charge is 0.433 e. The number of hydrogen-bond donors (Lipinski definition) is 1. The van der Waals surface area contributed by atoms with Crippen LogP contribution in [0.1, 0.15) is 11.3 Å². The van der Waals surface area contributed by atoms with Crippen LogP contribution in [0.4, 0.5) is 18.9 Å². The lowest BCUT2D eigenvalue weighted by Crippen LogP contribution is -2.18. The van der Waals surface area contributed by atoms with E-state index in [0.717, 1.165) is 17.0 Å². The molecular weight excluding hydrogens is 429 g/mol. The van der Waals surface area contributed by atoms with Crippen LogP contribution in [0.2, 0.25) is 0 Å². The van der Waals surface area contributed by atoms with E-state index >= 15 is 0 Å². The fraction of sp³-hybridized carbons (Fsp3) is 0.0800. The Hall–Kier alpha value is -4.20. The number of hydrogen-bond acceptors (Lipinski definition) is 4. The molecule has 3 heterocycles. The molecule has 5 aromatic rings. The number of benzene rings is 2. The van der Waals surface area contributed by atoms with E-state index in [4.69, 9.17) is 5.73 Å². The normalized spacial score (nSPS) is 11.9. The second-order valence-corrected chi connectivity index (χ2v) is 7.77. The van der Waals surface area contributed by atoms with Crippen molar-refractivity contribution in [3.8, 4) is 16.8 Å². The maximum Gasteiger partial charge on any atom is 0.433 e. The van der Waals surface area contributed by atoms with Crippen molar-refractivity contribution in [2.75, 3.05) is 5.73 Å². The molecule has 0 spiro atoms. The van der Waals surface area contributed by atoms with Gasteiger partial charge < -0.3 is 5.73 Å². The van der Waals surface area contributed by atoms with Crippen LogP contribution in [0.25, 0.3) is 38.6 Å². The molecule has 0 bridgehead atoms. The fourth-order valence-corrected chi connectivity index (χ4v) is 3.85. The van der Waals surface area contributed by atoms with E-state index in [1.165, 1.54) is 18.3 Å². The number of fused-ring (bicyclic) bond motifs is 3. The summed E-state index contributed by atoms with van der Waals surface area (Å²) in [4.78, 5) is 21.0. The molecule has 8 heteroatoms. The fourth-order valence-electron chi connectivity index (χ4n) is 3.85. The highest BCUT2D eigenvalue weighted by molar-refractivity contribution is 6.05. The number of nitrogens with zero attached hydrogens (tertiary/aromatic N) is 3. The van der Waals surface area contributed by atoms with Crippen LogP contribution in [0.5, 0.6) is 0 Å². The molecule has 0 unspecified atom stereocenters. The van der Waals surface area contributed by atoms with E-state index in [1.807, 2.05) is 25.1 Å². The third kappa shape index (κ3) is 3.59. The average Bonchev–Trinajstić information content (AvgIpc) is 2.80. The summed E-state index contributed by atoms with van der Waals surface area (Å²) in [7, 11) is 0. The minimum Gasteiger partial charge on any atom is -0.398 e. The standard InChI is InChI=1S/C25H17F3N4O/c1-14-2-6-18(11-20(14)29)32-23(33)9-5-17-13-30-21-7-3-15(10-19(21)24(17)32)16-4-8-22(31-12-16)25(26,27)28/h2-13H,29H2,1H3. The first-order valence-electron chi connectivity index (χ1n) is 10.1. The van der Waals surface area contributed by atoms with Crippen molar-refractivity contribution in [3.05, 3.63) is 94.7 Å². The topological polar surface area (TPSA) is 73.8 Å². The molecule has 164 valence electrons. The number of alkyl halides is 3. The monoisotopic (exact) mass is 446 g/mol.